The summed E-state index contributed by atoms with van der Waals surface area (Å²) in [6.07, 6.45) is 3.57. The molecule has 6 rings (SSSR count). The van der Waals surface area contributed by atoms with Crippen LogP contribution in [0.25, 0.3) is 11.1 Å². The van der Waals surface area contributed by atoms with Crippen molar-refractivity contribution in [2.45, 2.75) is 24.7 Å². The molecule has 1 spiro atoms. The van der Waals surface area contributed by atoms with Gasteiger partial charge in [-0.1, -0.05) is 72.8 Å². The van der Waals surface area contributed by atoms with Crippen molar-refractivity contribution in [3.63, 3.8) is 0 Å². The van der Waals surface area contributed by atoms with Gasteiger partial charge >= 0.3 is 0 Å². The number of rotatable bonds is 2. The topological polar surface area (TPSA) is 12.0 Å². The quantitative estimate of drug-likeness (QED) is 0.396. The molecule has 0 fully saturated rings. The Labute approximate surface area is 172 Å². The lowest BCUT2D eigenvalue weighted by atomic mass is 9.64. The normalized spacial score (nSPS) is 18.8. The molecule has 2 aliphatic carbocycles. The summed E-state index contributed by atoms with van der Waals surface area (Å²) < 4.78 is 0. The van der Waals surface area contributed by atoms with Gasteiger partial charge in [0.1, 0.15) is 0 Å². The molecule has 0 aliphatic heterocycles. The fraction of sp³-hybridized carbons (Fsp3) is 0.143. The Balaban J connectivity index is 1.58. The molecule has 0 amide bonds. The van der Waals surface area contributed by atoms with Crippen LogP contribution in [0, 0.1) is 0 Å². The zero-order valence-electron chi connectivity index (χ0n) is 16.4. The SMILES string of the molecule is c1ccc(Nc2ccc3c(c2)C2(CCCc4ccccc42)c2ccccc2-3)cc1. The van der Waals surface area contributed by atoms with Gasteiger partial charge in [0.2, 0.25) is 0 Å². The van der Waals surface area contributed by atoms with Crippen LogP contribution in [0.5, 0.6) is 0 Å². The molecule has 4 aromatic carbocycles. The van der Waals surface area contributed by atoms with Gasteiger partial charge in [0.25, 0.3) is 0 Å². The predicted molar refractivity (Wildman–Crippen MR) is 121 cm³/mol. The number of hydrogen-bond acceptors (Lipinski definition) is 1. The number of hydrogen-bond donors (Lipinski definition) is 1. The molecule has 0 saturated carbocycles. The van der Waals surface area contributed by atoms with Crippen LogP contribution in [0.3, 0.4) is 0 Å². The third-order valence-corrected chi connectivity index (χ3v) is 6.69. The van der Waals surface area contributed by atoms with E-state index in [9.17, 15) is 0 Å². The van der Waals surface area contributed by atoms with E-state index in [0.717, 1.165) is 11.4 Å². The van der Waals surface area contributed by atoms with Crippen molar-refractivity contribution in [3.05, 3.63) is 119 Å². The second-order valence-electron chi connectivity index (χ2n) is 8.21. The first-order chi connectivity index (χ1) is 14.4. The first-order valence-corrected chi connectivity index (χ1v) is 10.5. The summed E-state index contributed by atoms with van der Waals surface area (Å²) in [6, 6.07) is 35.5. The first kappa shape index (κ1) is 16.6. The number of benzene rings is 4. The van der Waals surface area contributed by atoms with Crippen molar-refractivity contribution in [2.24, 2.45) is 0 Å². The Kier molecular flexibility index (Phi) is 3.64. The lowest BCUT2D eigenvalue weighted by Crippen LogP contribution is -2.31. The maximum atomic E-state index is 3.61. The molecular formula is C28H23N. The van der Waals surface area contributed by atoms with Gasteiger partial charge in [0.15, 0.2) is 0 Å². The largest absolute Gasteiger partial charge is 0.356 e. The van der Waals surface area contributed by atoms with E-state index >= 15 is 0 Å². The van der Waals surface area contributed by atoms with Crippen LogP contribution in [0.2, 0.25) is 0 Å². The van der Waals surface area contributed by atoms with E-state index in [0.29, 0.717) is 0 Å². The minimum absolute atomic E-state index is 0.0326. The highest BCUT2D eigenvalue weighted by atomic mass is 14.9. The van der Waals surface area contributed by atoms with Crippen molar-refractivity contribution < 1.29 is 0 Å². The summed E-state index contributed by atoms with van der Waals surface area (Å²) in [5.41, 5.74) is 10.9. The highest BCUT2D eigenvalue weighted by Gasteiger charge is 2.46. The first-order valence-electron chi connectivity index (χ1n) is 10.5. The summed E-state index contributed by atoms with van der Waals surface area (Å²) in [5.74, 6) is 0. The average Bonchev–Trinajstić information content (AvgIpc) is 3.05. The monoisotopic (exact) mass is 373 g/mol. The van der Waals surface area contributed by atoms with Crippen LogP contribution in [-0.4, -0.2) is 0 Å². The molecule has 4 aromatic rings. The number of para-hydroxylation sites is 1. The van der Waals surface area contributed by atoms with Gasteiger partial charge in [-0.3, -0.25) is 0 Å². The second-order valence-corrected chi connectivity index (χ2v) is 8.21. The third kappa shape index (κ3) is 2.40. The standard InChI is InChI=1S/C28H23N/c1-2-11-21(12-3-1)29-22-16-17-24-23-13-5-7-15-26(23)28(27(24)19-22)18-8-10-20-9-4-6-14-25(20)28/h1-7,9,11-17,19,29H,8,10,18H2. The number of aryl methyl sites for hydroxylation is 1. The van der Waals surface area contributed by atoms with E-state index in [1.54, 1.807) is 0 Å². The molecule has 1 N–H and O–H groups in total. The molecule has 0 saturated heterocycles. The zero-order chi connectivity index (χ0) is 19.3. The van der Waals surface area contributed by atoms with Crippen LogP contribution in [-0.2, 0) is 11.8 Å². The minimum Gasteiger partial charge on any atom is -0.356 e. The Morgan fingerprint density at radius 1 is 0.586 bits per heavy atom. The third-order valence-electron chi connectivity index (χ3n) is 6.69. The molecule has 1 heteroatoms. The average molecular weight is 373 g/mol. The van der Waals surface area contributed by atoms with Crippen LogP contribution in [0.1, 0.15) is 35.1 Å². The summed E-state index contributed by atoms with van der Waals surface area (Å²) >= 11 is 0. The minimum atomic E-state index is -0.0326. The number of nitrogens with one attached hydrogen (secondary N) is 1. The lowest BCUT2D eigenvalue weighted by molar-refractivity contribution is 0.507. The molecule has 1 nitrogen and oxygen atoms in total. The van der Waals surface area contributed by atoms with E-state index in [1.807, 2.05) is 0 Å². The van der Waals surface area contributed by atoms with Crippen molar-refractivity contribution in [1.82, 2.24) is 0 Å². The predicted octanol–water partition coefficient (Wildman–Crippen LogP) is 7.08. The van der Waals surface area contributed by atoms with Gasteiger partial charge in [0, 0.05) is 16.8 Å². The summed E-state index contributed by atoms with van der Waals surface area (Å²) in [7, 11) is 0. The summed E-state index contributed by atoms with van der Waals surface area (Å²) in [5, 5.41) is 3.61. The Morgan fingerprint density at radius 3 is 2.21 bits per heavy atom. The molecule has 1 unspecified atom stereocenters. The molecule has 0 heterocycles. The lowest BCUT2D eigenvalue weighted by Gasteiger charge is -2.38. The Bertz CT molecular complexity index is 1210. The van der Waals surface area contributed by atoms with Gasteiger partial charge in [-0.25, -0.2) is 0 Å². The molecule has 0 radical (unpaired) electrons. The number of anilines is 2. The summed E-state index contributed by atoms with van der Waals surface area (Å²) in [6.45, 7) is 0. The molecule has 0 aromatic heterocycles. The highest BCUT2D eigenvalue weighted by Crippen LogP contribution is 2.57. The van der Waals surface area contributed by atoms with E-state index in [-0.39, 0.29) is 5.41 Å². The highest BCUT2D eigenvalue weighted by molar-refractivity contribution is 5.86. The molecule has 2 aliphatic rings. The Morgan fingerprint density at radius 2 is 1.31 bits per heavy atom. The second kappa shape index (κ2) is 6.35. The van der Waals surface area contributed by atoms with Crippen LogP contribution in [0.4, 0.5) is 11.4 Å². The number of fused-ring (bicyclic) bond motifs is 7. The van der Waals surface area contributed by atoms with Crippen LogP contribution in [0.15, 0.2) is 97.1 Å². The molecule has 140 valence electrons. The van der Waals surface area contributed by atoms with Crippen molar-refractivity contribution >= 4 is 11.4 Å². The smallest absolute Gasteiger partial charge is 0.0467 e. The van der Waals surface area contributed by atoms with Gasteiger partial charge in [0.05, 0.1) is 0 Å². The van der Waals surface area contributed by atoms with E-state index in [4.69, 9.17) is 0 Å². The fourth-order valence-electron chi connectivity index (χ4n) is 5.53. The summed E-state index contributed by atoms with van der Waals surface area (Å²) in [4.78, 5) is 0. The molecule has 1 atom stereocenters. The van der Waals surface area contributed by atoms with E-state index in [2.05, 4.69) is 102 Å². The van der Waals surface area contributed by atoms with E-state index < -0.39 is 0 Å². The van der Waals surface area contributed by atoms with Crippen molar-refractivity contribution in [1.29, 1.82) is 0 Å². The fourth-order valence-corrected chi connectivity index (χ4v) is 5.53. The maximum Gasteiger partial charge on any atom is 0.0467 e. The van der Waals surface area contributed by atoms with Crippen LogP contribution < -0.4 is 5.32 Å². The maximum absolute atomic E-state index is 3.61. The van der Waals surface area contributed by atoms with Gasteiger partial charge in [-0.2, -0.15) is 0 Å². The van der Waals surface area contributed by atoms with Crippen molar-refractivity contribution in [3.8, 4) is 11.1 Å². The molecular weight excluding hydrogens is 350 g/mol. The van der Waals surface area contributed by atoms with E-state index in [1.165, 1.54) is 52.6 Å². The van der Waals surface area contributed by atoms with Gasteiger partial charge in [-0.15, -0.1) is 0 Å². The Hall–Kier alpha value is -3.32. The van der Waals surface area contributed by atoms with Crippen LogP contribution >= 0.6 is 0 Å². The van der Waals surface area contributed by atoms with Gasteiger partial charge < -0.3 is 5.32 Å². The van der Waals surface area contributed by atoms with Gasteiger partial charge in [-0.05, 0) is 76.9 Å². The van der Waals surface area contributed by atoms with Crippen molar-refractivity contribution in [2.75, 3.05) is 5.32 Å². The zero-order valence-corrected chi connectivity index (χ0v) is 16.4. The molecule has 29 heavy (non-hydrogen) atoms. The molecule has 0 bridgehead atoms.